The Hall–Kier alpha value is -1.36. The summed E-state index contributed by atoms with van der Waals surface area (Å²) < 4.78 is 0. The van der Waals surface area contributed by atoms with Gasteiger partial charge >= 0.3 is 0 Å². The van der Waals surface area contributed by atoms with Gasteiger partial charge in [-0.05, 0) is 12.8 Å². The fourth-order valence-electron chi connectivity index (χ4n) is 2.07. The Kier molecular flexibility index (Phi) is 4.36. The molecule has 2 rings (SSSR count). The number of hydrogen-bond acceptors (Lipinski definition) is 5. The number of anilines is 2. The maximum Gasteiger partial charge on any atom is 0.134 e. The molecule has 1 atom stereocenters. The number of nitrogens with zero attached hydrogens (tertiary/aromatic N) is 3. The quantitative estimate of drug-likeness (QED) is 0.843. The Morgan fingerprint density at radius 1 is 1.50 bits per heavy atom. The Balaban J connectivity index is 2.02. The van der Waals surface area contributed by atoms with E-state index in [4.69, 9.17) is 0 Å². The zero-order chi connectivity index (χ0) is 13.0. The van der Waals surface area contributed by atoms with Gasteiger partial charge in [-0.15, -0.1) is 0 Å². The minimum atomic E-state index is 0.515. The van der Waals surface area contributed by atoms with E-state index in [0.29, 0.717) is 12.0 Å². The molecule has 2 heterocycles. The van der Waals surface area contributed by atoms with Crippen molar-refractivity contribution in [1.82, 2.24) is 15.3 Å². The van der Waals surface area contributed by atoms with Crippen LogP contribution in [-0.4, -0.2) is 42.2 Å². The summed E-state index contributed by atoms with van der Waals surface area (Å²) in [5.74, 6) is 2.55. The zero-order valence-corrected chi connectivity index (χ0v) is 11.5. The molecular weight excluding hydrogens is 226 g/mol. The number of rotatable bonds is 4. The fourth-order valence-corrected chi connectivity index (χ4v) is 2.07. The molecule has 1 aromatic heterocycles. The highest BCUT2D eigenvalue weighted by Crippen LogP contribution is 2.15. The molecule has 0 bridgehead atoms. The Bertz CT molecular complexity index is 379. The van der Waals surface area contributed by atoms with Crippen molar-refractivity contribution in [2.75, 3.05) is 36.4 Å². The third-order valence-corrected chi connectivity index (χ3v) is 3.04. The normalized spacial score (nSPS) is 20.2. The van der Waals surface area contributed by atoms with E-state index in [-0.39, 0.29) is 0 Å². The van der Waals surface area contributed by atoms with E-state index in [0.717, 1.165) is 37.8 Å². The molecule has 5 heteroatoms. The van der Waals surface area contributed by atoms with Gasteiger partial charge in [-0.2, -0.15) is 0 Å². The van der Waals surface area contributed by atoms with E-state index < -0.39 is 0 Å². The first-order valence-electron chi connectivity index (χ1n) is 6.69. The fraction of sp³-hybridized carbons (Fsp3) is 0.692. The van der Waals surface area contributed by atoms with Crippen molar-refractivity contribution in [3.8, 4) is 0 Å². The van der Waals surface area contributed by atoms with Crippen LogP contribution in [0.5, 0.6) is 0 Å². The van der Waals surface area contributed by atoms with Crippen LogP contribution in [0.2, 0.25) is 0 Å². The maximum absolute atomic E-state index is 4.37. The summed E-state index contributed by atoms with van der Waals surface area (Å²) in [7, 11) is 0. The molecule has 1 aromatic rings. The van der Waals surface area contributed by atoms with Crippen molar-refractivity contribution >= 4 is 11.6 Å². The number of piperazine rings is 1. The molecule has 0 spiro atoms. The molecule has 5 nitrogen and oxygen atoms in total. The van der Waals surface area contributed by atoms with Gasteiger partial charge in [0.1, 0.15) is 18.0 Å². The highest BCUT2D eigenvalue weighted by Gasteiger charge is 2.17. The van der Waals surface area contributed by atoms with Gasteiger partial charge in [0.15, 0.2) is 0 Å². The Labute approximate surface area is 109 Å². The molecule has 1 fully saturated rings. The molecule has 0 amide bonds. The van der Waals surface area contributed by atoms with Gasteiger partial charge < -0.3 is 15.5 Å². The van der Waals surface area contributed by atoms with E-state index in [1.54, 1.807) is 6.33 Å². The largest absolute Gasteiger partial charge is 0.370 e. The molecule has 1 aliphatic rings. The van der Waals surface area contributed by atoms with Gasteiger partial charge in [0.05, 0.1) is 0 Å². The van der Waals surface area contributed by atoms with Crippen molar-refractivity contribution in [1.29, 1.82) is 0 Å². The highest BCUT2D eigenvalue weighted by molar-refractivity contribution is 5.48. The summed E-state index contributed by atoms with van der Waals surface area (Å²) in [5.41, 5.74) is 0. The summed E-state index contributed by atoms with van der Waals surface area (Å²) in [5, 5.41) is 6.78. The predicted molar refractivity (Wildman–Crippen MR) is 75.0 cm³/mol. The summed E-state index contributed by atoms with van der Waals surface area (Å²) in [4.78, 5) is 10.9. The molecule has 1 unspecified atom stereocenters. The van der Waals surface area contributed by atoms with Crippen LogP contribution in [-0.2, 0) is 0 Å². The van der Waals surface area contributed by atoms with E-state index in [1.807, 2.05) is 6.07 Å². The van der Waals surface area contributed by atoms with Crippen molar-refractivity contribution in [3.05, 3.63) is 12.4 Å². The van der Waals surface area contributed by atoms with Gasteiger partial charge in [0, 0.05) is 38.3 Å². The van der Waals surface area contributed by atoms with Crippen LogP contribution in [0.3, 0.4) is 0 Å². The smallest absolute Gasteiger partial charge is 0.134 e. The second kappa shape index (κ2) is 6.00. The van der Waals surface area contributed by atoms with Crippen molar-refractivity contribution in [2.45, 2.75) is 26.8 Å². The van der Waals surface area contributed by atoms with E-state index in [2.05, 4.69) is 46.3 Å². The van der Waals surface area contributed by atoms with Crippen LogP contribution in [0, 0.1) is 5.92 Å². The molecule has 1 saturated heterocycles. The van der Waals surface area contributed by atoms with Crippen molar-refractivity contribution < 1.29 is 0 Å². The monoisotopic (exact) mass is 249 g/mol. The lowest BCUT2D eigenvalue weighted by Gasteiger charge is -2.32. The topological polar surface area (TPSA) is 53.1 Å². The van der Waals surface area contributed by atoms with Crippen LogP contribution < -0.4 is 15.5 Å². The molecular formula is C13H23N5. The molecule has 0 aliphatic carbocycles. The first kappa shape index (κ1) is 13.1. The van der Waals surface area contributed by atoms with Gasteiger partial charge in [-0.25, -0.2) is 9.97 Å². The molecule has 2 N–H and O–H groups in total. The van der Waals surface area contributed by atoms with E-state index >= 15 is 0 Å². The second-order valence-corrected chi connectivity index (χ2v) is 5.34. The number of aromatic nitrogens is 2. The number of nitrogens with one attached hydrogen (secondary N) is 2. The first-order chi connectivity index (χ1) is 8.65. The minimum absolute atomic E-state index is 0.515. The first-order valence-corrected chi connectivity index (χ1v) is 6.69. The van der Waals surface area contributed by atoms with Crippen molar-refractivity contribution in [3.63, 3.8) is 0 Å². The van der Waals surface area contributed by atoms with Gasteiger partial charge in [-0.1, -0.05) is 13.8 Å². The highest BCUT2D eigenvalue weighted by atomic mass is 15.2. The third kappa shape index (κ3) is 3.57. The second-order valence-electron chi connectivity index (χ2n) is 5.34. The third-order valence-electron chi connectivity index (χ3n) is 3.04. The summed E-state index contributed by atoms with van der Waals surface area (Å²) in [6.07, 6.45) is 1.64. The summed E-state index contributed by atoms with van der Waals surface area (Å²) in [6, 6.07) is 2.56. The van der Waals surface area contributed by atoms with Crippen LogP contribution in [0.25, 0.3) is 0 Å². The lowest BCUT2D eigenvalue weighted by molar-refractivity contribution is 0.482. The van der Waals surface area contributed by atoms with Crippen LogP contribution in [0.1, 0.15) is 20.8 Å². The van der Waals surface area contributed by atoms with Crippen LogP contribution >= 0.6 is 0 Å². The Morgan fingerprint density at radius 2 is 2.33 bits per heavy atom. The maximum atomic E-state index is 4.37. The van der Waals surface area contributed by atoms with Crippen molar-refractivity contribution in [2.24, 2.45) is 5.92 Å². The lowest BCUT2D eigenvalue weighted by atomic mass is 10.2. The average Bonchev–Trinajstić information content (AvgIpc) is 2.37. The molecule has 1 aliphatic heterocycles. The summed E-state index contributed by atoms with van der Waals surface area (Å²) in [6.45, 7) is 10.5. The molecule has 0 saturated carbocycles. The van der Waals surface area contributed by atoms with Gasteiger partial charge in [0.25, 0.3) is 0 Å². The average molecular weight is 249 g/mol. The molecule has 100 valence electrons. The number of hydrogen-bond donors (Lipinski definition) is 2. The predicted octanol–water partition coefficient (Wildman–Crippen LogP) is 1.34. The molecule has 18 heavy (non-hydrogen) atoms. The van der Waals surface area contributed by atoms with Crippen LogP contribution in [0.4, 0.5) is 11.6 Å². The molecule has 0 aromatic carbocycles. The molecule has 0 radical (unpaired) electrons. The zero-order valence-electron chi connectivity index (χ0n) is 11.5. The minimum Gasteiger partial charge on any atom is -0.370 e. The lowest BCUT2D eigenvalue weighted by Crippen LogP contribution is -2.49. The van der Waals surface area contributed by atoms with Crippen LogP contribution in [0.15, 0.2) is 12.4 Å². The standard InChI is InChI=1S/C13H23N5/c1-10(2)7-15-12-6-13(17-9-16-12)18-5-4-14-11(3)8-18/h6,9-11,14H,4-5,7-8H2,1-3H3,(H,15,16,17). The van der Waals surface area contributed by atoms with Gasteiger partial charge in [-0.3, -0.25) is 0 Å². The van der Waals surface area contributed by atoms with E-state index in [1.165, 1.54) is 0 Å². The van der Waals surface area contributed by atoms with Gasteiger partial charge in [0.2, 0.25) is 0 Å². The SMILES string of the molecule is CC(C)CNc1cc(N2CCNC(C)C2)ncn1. The summed E-state index contributed by atoms with van der Waals surface area (Å²) >= 11 is 0. The Morgan fingerprint density at radius 3 is 3.06 bits per heavy atom. The van der Waals surface area contributed by atoms with E-state index in [9.17, 15) is 0 Å².